The maximum absolute atomic E-state index is 2.43. The van der Waals surface area contributed by atoms with Crippen LogP contribution in [0, 0.1) is 12.8 Å². The lowest BCUT2D eigenvalue weighted by Gasteiger charge is -2.21. The molecule has 0 spiro atoms. The van der Waals surface area contributed by atoms with E-state index in [9.17, 15) is 0 Å². The number of hydrogen-bond donors (Lipinski definition) is 0. The number of benzene rings is 4. The minimum absolute atomic E-state index is 0.319. The van der Waals surface area contributed by atoms with Crippen molar-refractivity contribution < 1.29 is 0 Å². The van der Waals surface area contributed by atoms with Gasteiger partial charge in [0.2, 0.25) is 0 Å². The highest BCUT2D eigenvalue weighted by atomic mass is 31.1. The van der Waals surface area contributed by atoms with Gasteiger partial charge in [0.05, 0.1) is 0 Å². The molecule has 1 unspecified atom stereocenters. The average molecular weight is 356 g/mol. The van der Waals surface area contributed by atoms with Gasteiger partial charge in [0.1, 0.15) is 0 Å². The molecule has 26 heavy (non-hydrogen) atoms. The lowest BCUT2D eigenvalue weighted by Crippen LogP contribution is -2.16. The third-order valence-corrected chi connectivity index (χ3v) is 7.81. The Labute approximate surface area is 157 Å². The summed E-state index contributed by atoms with van der Waals surface area (Å²) in [7, 11) is -0.319. The summed E-state index contributed by atoms with van der Waals surface area (Å²) in [5.41, 5.74) is 1.33. The van der Waals surface area contributed by atoms with Crippen molar-refractivity contribution in [1.82, 2.24) is 0 Å². The largest absolute Gasteiger partial charge is 0.0624 e. The summed E-state index contributed by atoms with van der Waals surface area (Å²) >= 11 is 0. The van der Waals surface area contributed by atoms with Crippen LogP contribution >= 0.6 is 7.92 Å². The van der Waals surface area contributed by atoms with E-state index in [1.165, 1.54) is 43.9 Å². The third kappa shape index (κ3) is 3.53. The van der Waals surface area contributed by atoms with Crippen LogP contribution in [0.2, 0.25) is 0 Å². The molecule has 0 aliphatic carbocycles. The number of hydrogen-bond acceptors (Lipinski definition) is 0. The normalized spacial score (nSPS) is 12.8. The van der Waals surface area contributed by atoms with Gasteiger partial charge in [-0.2, -0.15) is 0 Å². The molecule has 4 aromatic carbocycles. The van der Waals surface area contributed by atoms with Gasteiger partial charge in [0, 0.05) is 0 Å². The third-order valence-electron chi connectivity index (χ3n) is 4.89. The Balaban J connectivity index is 1.82. The van der Waals surface area contributed by atoms with E-state index in [0.717, 1.165) is 0 Å². The first-order valence-electron chi connectivity index (χ1n) is 9.37. The van der Waals surface area contributed by atoms with Gasteiger partial charge in [0.25, 0.3) is 0 Å². The summed E-state index contributed by atoms with van der Waals surface area (Å²) in [6, 6.07) is 29.5. The minimum Gasteiger partial charge on any atom is -0.0624 e. The van der Waals surface area contributed by atoms with Crippen molar-refractivity contribution in [3.63, 3.8) is 0 Å². The van der Waals surface area contributed by atoms with E-state index in [0.29, 0.717) is 5.92 Å². The zero-order valence-electron chi connectivity index (χ0n) is 15.7. The van der Waals surface area contributed by atoms with Gasteiger partial charge in [-0.05, 0) is 77.3 Å². The monoisotopic (exact) mass is 356 g/mol. The molecule has 0 heterocycles. The smallest absolute Gasteiger partial charge is 0.0171 e. The number of rotatable bonds is 4. The molecule has 0 N–H and O–H groups in total. The average Bonchev–Trinajstić information content (AvgIpc) is 2.64. The molecule has 1 heteroatoms. The molecular weight excluding hydrogens is 331 g/mol. The van der Waals surface area contributed by atoms with Gasteiger partial charge in [-0.3, -0.25) is 0 Å². The van der Waals surface area contributed by atoms with Crippen LogP contribution < -0.4 is 10.6 Å². The van der Waals surface area contributed by atoms with Gasteiger partial charge in [-0.25, -0.2) is 0 Å². The zero-order chi connectivity index (χ0) is 18.1. The predicted molar refractivity (Wildman–Crippen MR) is 119 cm³/mol. The number of fused-ring (bicyclic) bond motifs is 2. The molecular formula is C25H25P. The van der Waals surface area contributed by atoms with Crippen molar-refractivity contribution in [3.8, 4) is 0 Å². The van der Waals surface area contributed by atoms with E-state index in [1.54, 1.807) is 0 Å². The van der Waals surface area contributed by atoms with Crippen LogP contribution in [-0.2, 0) is 0 Å². The van der Waals surface area contributed by atoms with E-state index in [4.69, 9.17) is 0 Å². The molecule has 0 radical (unpaired) electrons. The van der Waals surface area contributed by atoms with Gasteiger partial charge < -0.3 is 0 Å². The predicted octanol–water partition coefficient (Wildman–Crippen LogP) is 6.39. The van der Waals surface area contributed by atoms with Gasteiger partial charge in [-0.1, -0.05) is 80.1 Å². The highest BCUT2D eigenvalue weighted by Gasteiger charge is 2.16. The van der Waals surface area contributed by atoms with E-state index in [2.05, 4.69) is 99.6 Å². The zero-order valence-corrected chi connectivity index (χ0v) is 16.6. The fourth-order valence-electron chi connectivity index (χ4n) is 3.55. The highest BCUT2D eigenvalue weighted by molar-refractivity contribution is 7.73. The van der Waals surface area contributed by atoms with Crippen LogP contribution in [0.3, 0.4) is 0 Å². The molecule has 0 fully saturated rings. The molecule has 0 aliphatic rings. The first kappa shape index (κ1) is 17.3. The molecule has 0 amide bonds. The summed E-state index contributed by atoms with van der Waals surface area (Å²) in [5, 5.41) is 8.29. The van der Waals surface area contributed by atoms with Gasteiger partial charge in [-0.15, -0.1) is 0 Å². The topological polar surface area (TPSA) is 0 Å². The maximum Gasteiger partial charge on any atom is -0.0171 e. The standard InChI is InChI=1S/C25H25P/c1-18(2)17-26(24-11-8-19(3)9-12-24)25-13-10-22-14-20-6-4-5-7-21(20)15-23(22)16-25/h4-16,18H,17H2,1-3H3. The summed E-state index contributed by atoms with van der Waals surface area (Å²) < 4.78 is 0. The summed E-state index contributed by atoms with van der Waals surface area (Å²) in [6.45, 7) is 6.83. The van der Waals surface area contributed by atoms with E-state index >= 15 is 0 Å². The molecule has 0 bridgehead atoms. The molecule has 0 saturated heterocycles. The van der Waals surface area contributed by atoms with Crippen LogP contribution in [0.5, 0.6) is 0 Å². The quantitative estimate of drug-likeness (QED) is 0.293. The Morgan fingerprint density at radius 2 is 1.23 bits per heavy atom. The second kappa shape index (κ2) is 7.22. The highest BCUT2D eigenvalue weighted by Crippen LogP contribution is 2.37. The van der Waals surface area contributed by atoms with Crippen LogP contribution in [-0.4, -0.2) is 6.16 Å². The SMILES string of the molecule is Cc1ccc(P(CC(C)C)c2ccc3cc4ccccc4cc3c2)cc1. The van der Waals surface area contributed by atoms with Crippen molar-refractivity contribution in [3.05, 3.63) is 84.4 Å². The van der Waals surface area contributed by atoms with E-state index in [1.807, 2.05) is 0 Å². The number of aryl methyl sites for hydroxylation is 1. The van der Waals surface area contributed by atoms with Crippen LogP contribution in [0.15, 0.2) is 78.9 Å². The Morgan fingerprint density at radius 1 is 0.654 bits per heavy atom. The molecule has 1 atom stereocenters. The van der Waals surface area contributed by atoms with Gasteiger partial charge in [0.15, 0.2) is 0 Å². The molecule has 4 aromatic rings. The first-order valence-corrected chi connectivity index (χ1v) is 10.9. The Hall–Kier alpha value is -2.17. The lowest BCUT2D eigenvalue weighted by molar-refractivity contribution is 0.747. The van der Waals surface area contributed by atoms with Crippen molar-refractivity contribution in [2.24, 2.45) is 5.92 Å². The first-order chi connectivity index (χ1) is 12.6. The van der Waals surface area contributed by atoms with Crippen molar-refractivity contribution in [1.29, 1.82) is 0 Å². The Morgan fingerprint density at radius 3 is 1.88 bits per heavy atom. The van der Waals surface area contributed by atoms with Crippen molar-refractivity contribution in [2.75, 3.05) is 6.16 Å². The fraction of sp³-hybridized carbons (Fsp3) is 0.200. The Kier molecular flexibility index (Phi) is 4.79. The summed E-state index contributed by atoms with van der Waals surface area (Å²) in [5.74, 6) is 0.690. The maximum atomic E-state index is 2.43. The van der Waals surface area contributed by atoms with E-state index in [-0.39, 0.29) is 7.92 Å². The molecule has 0 saturated carbocycles. The molecule has 4 rings (SSSR count). The molecule has 0 aliphatic heterocycles. The minimum atomic E-state index is -0.319. The lowest BCUT2D eigenvalue weighted by atomic mass is 10.0. The second-order valence-corrected chi connectivity index (χ2v) is 9.82. The second-order valence-electron chi connectivity index (χ2n) is 7.57. The molecule has 130 valence electrons. The van der Waals surface area contributed by atoms with Crippen LogP contribution in [0.1, 0.15) is 19.4 Å². The molecule has 0 aromatic heterocycles. The summed E-state index contributed by atoms with van der Waals surface area (Å²) in [4.78, 5) is 0. The van der Waals surface area contributed by atoms with Crippen molar-refractivity contribution >= 4 is 40.1 Å². The van der Waals surface area contributed by atoms with Crippen LogP contribution in [0.25, 0.3) is 21.5 Å². The molecule has 0 nitrogen and oxygen atoms in total. The van der Waals surface area contributed by atoms with Crippen molar-refractivity contribution in [2.45, 2.75) is 20.8 Å². The van der Waals surface area contributed by atoms with Gasteiger partial charge >= 0.3 is 0 Å². The Bertz CT molecular complexity index is 1040. The summed E-state index contributed by atoms with van der Waals surface area (Å²) in [6.07, 6.45) is 1.23. The van der Waals surface area contributed by atoms with E-state index < -0.39 is 0 Å². The van der Waals surface area contributed by atoms with Crippen LogP contribution in [0.4, 0.5) is 0 Å². The fourth-order valence-corrected chi connectivity index (χ4v) is 6.05.